The fraction of sp³-hybridized carbons (Fsp3) is 0.538. The topological polar surface area (TPSA) is 82.6 Å². The van der Waals surface area contributed by atoms with Crippen LogP contribution in [0.4, 0.5) is 5.69 Å². The second kappa shape index (κ2) is 9.86. The number of rotatable bonds is 5. The quantitative estimate of drug-likeness (QED) is 0.501. The molecule has 2 aliphatic heterocycles. The van der Waals surface area contributed by atoms with Crippen LogP contribution >= 0.6 is 11.3 Å². The van der Waals surface area contributed by atoms with Crippen molar-refractivity contribution in [2.45, 2.75) is 70.4 Å². The number of amides is 3. The highest BCUT2D eigenvalue weighted by Gasteiger charge is 2.42. The van der Waals surface area contributed by atoms with Crippen molar-refractivity contribution in [2.24, 2.45) is 5.92 Å². The summed E-state index contributed by atoms with van der Waals surface area (Å²) >= 11 is 1.44. The molecule has 2 aromatic rings. The molecule has 3 aliphatic rings. The number of anilines is 1. The van der Waals surface area contributed by atoms with Gasteiger partial charge >= 0.3 is 0 Å². The van der Waals surface area contributed by atoms with Gasteiger partial charge in [0.1, 0.15) is 5.01 Å². The average molecular weight is 481 g/mol. The van der Waals surface area contributed by atoms with Crippen LogP contribution in [-0.2, 0) is 4.79 Å². The zero-order valence-corrected chi connectivity index (χ0v) is 20.5. The van der Waals surface area contributed by atoms with Gasteiger partial charge in [0.2, 0.25) is 5.91 Å². The molecule has 1 aliphatic carbocycles. The maximum Gasteiger partial charge on any atom is 0.264 e. The van der Waals surface area contributed by atoms with E-state index in [1.807, 2.05) is 24.4 Å². The normalized spacial score (nSPS) is 22.4. The lowest BCUT2D eigenvalue weighted by atomic mass is 9.94. The highest BCUT2D eigenvalue weighted by molar-refractivity contribution is 7.09. The predicted octanol–water partition coefficient (Wildman–Crippen LogP) is 4.56. The number of nitrogens with zero attached hydrogens (tertiary/aromatic N) is 3. The van der Waals surface area contributed by atoms with Gasteiger partial charge in [-0.15, -0.1) is 11.3 Å². The van der Waals surface area contributed by atoms with Crippen molar-refractivity contribution in [1.29, 1.82) is 0 Å². The van der Waals surface area contributed by atoms with Gasteiger partial charge in [-0.1, -0.05) is 31.7 Å². The molecule has 34 heavy (non-hydrogen) atoms. The minimum Gasteiger partial charge on any atom is -0.370 e. The lowest BCUT2D eigenvalue weighted by Gasteiger charge is -2.35. The average Bonchev–Trinajstić information content (AvgIpc) is 3.39. The Morgan fingerprint density at radius 3 is 2.62 bits per heavy atom. The maximum absolute atomic E-state index is 13.5. The molecule has 1 saturated heterocycles. The number of imide groups is 1. The monoisotopic (exact) mass is 480 g/mol. The van der Waals surface area contributed by atoms with E-state index in [2.05, 4.69) is 15.2 Å². The number of carbonyl (C=O) groups excluding carboxylic acids is 3. The Morgan fingerprint density at radius 2 is 1.88 bits per heavy atom. The summed E-state index contributed by atoms with van der Waals surface area (Å²) in [6.07, 6.45) is 10.4. The largest absolute Gasteiger partial charge is 0.370 e. The third kappa shape index (κ3) is 4.35. The van der Waals surface area contributed by atoms with Gasteiger partial charge in [0.15, 0.2) is 0 Å². The number of nitrogens with one attached hydrogen (secondary N) is 1. The van der Waals surface area contributed by atoms with Crippen LogP contribution in [0.25, 0.3) is 0 Å². The minimum atomic E-state index is -0.417. The van der Waals surface area contributed by atoms with Crippen molar-refractivity contribution < 1.29 is 14.4 Å². The van der Waals surface area contributed by atoms with Crippen molar-refractivity contribution >= 4 is 34.7 Å². The highest BCUT2D eigenvalue weighted by atomic mass is 32.1. The van der Waals surface area contributed by atoms with Gasteiger partial charge in [-0.3, -0.25) is 19.3 Å². The van der Waals surface area contributed by atoms with Crippen molar-refractivity contribution in [3.05, 3.63) is 45.9 Å². The van der Waals surface area contributed by atoms with Gasteiger partial charge < -0.3 is 10.2 Å². The fourth-order valence-electron chi connectivity index (χ4n) is 5.60. The third-order valence-electron chi connectivity index (χ3n) is 7.45. The van der Waals surface area contributed by atoms with Gasteiger partial charge in [0.25, 0.3) is 11.8 Å². The molecular formula is C26H32N4O3S. The molecule has 0 radical (unpaired) electrons. The Hall–Kier alpha value is -2.74. The van der Waals surface area contributed by atoms with Crippen LogP contribution in [0.2, 0.25) is 0 Å². The molecule has 1 aromatic heterocycles. The van der Waals surface area contributed by atoms with E-state index >= 15 is 0 Å². The van der Waals surface area contributed by atoms with E-state index in [0.29, 0.717) is 17.7 Å². The standard InChI is InChI=1S/C26H32N4O3S/c1-17(24-27-13-15-34-24)30-25(32)20-11-6-12-21(22(20)26(30)33)29-14-7-8-18(16-29)23(31)28-19-9-4-2-3-5-10-19/h6,11-13,15,17-19H,2-5,7-10,14,16H2,1H3,(H,28,31)/t17-,18+/m1/s1. The molecular weight excluding hydrogens is 448 g/mol. The van der Waals surface area contributed by atoms with Gasteiger partial charge in [0.05, 0.1) is 28.8 Å². The third-order valence-corrected chi connectivity index (χ3v) is 8.40. The zero-order chi connectivity index (χ0) is 23.7. The summed E-state index contributed by atoms with van der Waals surface area (Å²) in [5, 5.41) is 5.90. The van der Waals surface area contributed by atoms with Crippen LogP contribution in [0, 0.1) is 5.92 Å². The molecule has 3 amide bonds. The van der Waals surface area contributed by atoms with E-state index in [0.717, 1.165) is 42.9 Å². The zero-order valence-electron chi connectivity index (χ0n) is 19.7. The van der Waals surface area contributed by atoms with E-state index in [-0.39, 0.29) is 29.7 Å². The minimum absolute atomic E-state index is 0.106. The first-order valence-electron chi connectivity index (χ1n) is 12.5. The van der Waals surface area contributed by atoms with Crippen molar-refractivity contribution in [3.63, 3.8) is 0 Å². The molecule has 8 heteroatoms. The maximum atomic E-state index is 13.5. The number of aromatic nitrogens is 1. The van der Waals surface area contributed by atoms with Gasteiger partial charge in [-0.2, -0.15) is 0 Å². The summed E-state index contributed by atoms with van der Waals surface area (Å²) in [4.78, 5) is 47.6. The molecule has 3 heterocycles. The number of carbonyl (C=O) groups is 3. The van der Waals surface area contributed by atoms with Crippen molar-refractivity contribution in [1.82, 2.24) is 15.2 Å². The number of hydrogen-bond donors (Lipinski definition) is 1. The van der Waals surface area contributed by atoms with Crippen molar-refractivity contribution in [2.75, 3.05) is 18.0 Å². The first-order chi connectivity index (χ1) is 16.5. The molecule has 1 N–H and O–H groups in total. The summed E-state index contributed by atoms with van der Waals surface area (Å²) in [6.45, 7) is 3.18. The summed E-state index contributed by atoms with van der Waals surface area (Å²) < 4.78 is 0. The van der Waals surface area contributed by atoms with E-state index in [1.54, 1.807) is 12.3 Å². The highest BCUT2D eigenvalue weighted by Crippen LogP contribution is 2.38. The molecule has 7 nitrogen and oxygen atoms in total. The lowest BCUT2D eigenvalue weighted by Crippen LogP contribution is -2.46. The van der Waals surface area contributed by atoms with Gasteiger partial charge in [-0.25, -0.2) is 4.98 Å². The van der Waals surface area contributed by atoms with E-state index in [9.17, 15) is 14.4 Å². The molecule has 180 valence electrons. The first-order valence-corrected chi connectivity index (χ1v) is 13.4. The molecule has 0 spiro atoms. The van der Waals surface area contributed by atoms with Crippen LogP contribution in [-0.4, -0.2) is 46.7 Å². The molecule has 0 bridgehead atoms. The molecule has 1 saturated carbocycles. The Labute approximate surface area is 204 Å². The number of hydrogen-bond acceptors (Lipinski definition) is 6. The lowest BCUT2D eigenvalue weighted by molar-refractivity contribution is -0.126. The number of piperidine rings is 1. The molecule has 5 rings (SSSR count). The fourth-order valence-corrected chi connectivity index (χ4v) is 6.29. The van der Waals surface area contributed by atoms with Crippen molar-refractivity contribution in [3.8, 4) is 0 Å². The molecule has 1 aromatic carbocycles. The summed E-state index contributed by atoms with van der Waals surface area (Å²) in [7, 11) is 0. The van der Waals surface area contributed by atoms with E-state index in [1.165, 1.54) is 41.9 Å². The second-order valence-electron chi connectivity index (χ2n) is 9.71. The Bertz CT molecular complexity index is 1060. The van der Waals surface area contributed by atoms with Crippen LogP contribution in [0.3, 0.4) is 0 Å². The van der Waals surface area contributed by atoms with E-state index < -0.39 is 6.04 Å². The van der Waals surface area contributed by atoms with Crippen LogP contribution in [0.5, 0.6) is 0 Å². The van der Waals surface area contributed by atoms with Gasteiger partial charge in [0, 0.05) is 30.7 Å². The summed E-state index contributed by atoms with van der Waals surface area (Å²) in [6, 6.07) is 5.35. The van der Waals surface area contributed by atoms with Gasteiger partial charge in [-0.05, 0) is 44.7 Å². The number of thiazole rings is 1. The number of benzene rings is 1. The smallest absolute Gasteiger partial charge is 0.264 e. The predicted molar refractivity (Wildman–Crippen MR) is 132 cm³/mol. The van der Waals surface area contributed by atoms with Crippen LogP contribution < -0.4 is 10.2 Å². The first kappa shape index (κ1) is 23.0. The summed E-state index contributed by atoms with van der Waals surface area (Å²) in [5.74, 6) is -0.524. The van der Waals surface area contributed by atoms with E-state index in [4.69, 9.17) is 0 Å². The second-order valence-corrected chi connectivity index (χ2v) is 10.6. The summed E-state index contributed by atoms with van der Waals surface area (Å²) in [5.41, 5.74) is 1.66. The molecule has 2 atom stereocenters. The Kier molecular flexibility index (Phi) is 6.68. The molecule has 2 fully saturated rings. The SMILES string of the molecule is C[C@H](c1nccs1)N1C(=O)c2cccc(N3CCC[C@H](C(=O)NC4CCCCCC4)C3)c2C1=O. The van der Waals surface area contributed by atoms with Crippen LogP contribution in [0.15, 0.2) is 29.8 Å². The molecule has 0 unspecified atom stereocenters. The Morgan fingerprint density at radius 1 is 1.09 bits per heavy atom. The number of fused-ring (bicyclic) bond motifs is 1. The Balaban J connectivity index is 1.34. The van der Waals surface area contributed by atoms with Crippen LogP contribution in [0.1, 0.15) is 90.1 Å².